The van der Waals surface area contributed by atoms with Crippen molar-refractivity contribution in [1.29, 1.82) is 0 Å². The Kier molecular flexibility index (Phi) is 15.6. The largest absolute Gasteiger partial charge is 0.103 e. The van der Waals surface area contributed by atoms with E-state index >= 15 is 0 Å². The summed E-state index contributed by atoms with van der Waals surface area (Å²) >= 11 is 0. The highest BCUT2D eigenvalue weighted by Crippen LogP contribution is 2.18. The van der Waals surface area contributed by atoms with Gasteiger partial charge in [0.2, 0.25) is 0 Å². The summed E-state index contributed by atoms with van der Waals surface area (Å²) in [5.74, 6) is 0.954. The number of unbranched alkanes of at least 4 members (excludes halogenated alkanes) is 10. The van der Waals surface area contributed by atoms with Crippen LogP contribution in [-0.4, -0.2) is 0 Å². The third kappa shape index (κ3) is 15.7. The minimum Gasteiger partial charge on any atom is -0.103 e. The molecule has 0 aromatic heterocycles. The molecule has 0 aliphatic rings. The fourth-order valence-electron chi connectivity index (χ4n) is 2.73. The van der Waals surface area contributed by atoms with Gasteiger partial charge in [-0.15, -0.1) is 6.58 Å². The summed E-state index contributed by atoms with van der Waals surface area (Å²) in [7, 11) is 0. The van der Waals surface area contributed by atoms with Gasteiger partial charge in [0.1, 0.15) is 0 Å². The van der Waals surface area contributed by atoms with Crippen LogP contribution >= 0.6 is 0 Å². The van der Waals surface area contributed by atoms with Crippen LogP contribution in [0.1, 0.15) is 104 Å². The van der Waals surface area contributed by atoms with E-state index in [1.54, 1.807) is 0 Å². The van der Waals surface area contributed by atoms with Crippen LogP contribution < -0.4 is 0 Å². The first-order valence-electron chi connectivity index (χ1n) is 8.92. The van der Waals surface area contributed by atoms with E-state index < -0.39 is 0 Å². The molecular formula is C19H38. The van der Waals surface area contributed by atoms with E-state index in [9.17, 15) is 0 Å². The molecule has 0 rings (SSSR count). The van der Waals surface area contributed by atoms with Crippen molar-refractivity contribution >= 4 is 0 Å². The molecule has 0 saturated carbocycles. The molecule has 0 fully saturated rings. The van der Waals surface area contributed by atoms with E-state index in [0.29, 0.717) is 0 Å². The zero-order chi connectivity index (χ0) is 14.2. The zero-order valence-electron chi connectivity index (χ0n) is 13.8. The highest BCUT2D eigenvalue weighted by atomic mass is 14.1. The van der Waals surface area contributed by atoms with E-state index in [0.717, 1.165) is 5.92 Å². The summed E-state index contributed by atoms with van der Waals surface area (Å²) in [6.45, 7) is 8.51. The molecule has 19 heavy (non-hydrogen) atoms. The van der Waals surface area contributed by atoms with Crippen LogP contribution in [-0.2, 0) is 0 Å². The smallest absolute Gasteiger partial charge is 0.0353 e. The van der Waals surface area contributed by atoms with Crippen molar-refractivity contribution in [2.24, 2.45) is 5.92 Å². The van der Waals surface area contributed by atoms with E-state index in [-0.39, 0.29) is 0 Å². The molecule has 0 spiro atoms. The van der Waals surface area contributed by atoms with Gasteiger partial charge in [0, 0.05) is 0 Å². The van der Waals surface area contributed by atoms with Gasteiger partial charge in [0.15, 0.2) is 0 Å². The minimum atomic E-state index is 0.954. The first kappa shape index (κ1) is 18.7. The summed E-state index contributed by atoms with van der Waals surface area (Å²) in [5, 5.41) is 0. The second-order valence-electron chi connectivity index (χ2n) is 6.30. The molecule has 0 saturated heterocycles. The highest BCUT2D eigenvalue weighted by Gasteiger charge is 2.01. The van der Waals surface area contributed by atoms with Gasteiger partial charge in [-0.05, 0) is 18.8 Å². The molecule has 0 N–H and O–H groups in total. The van der Waals surface area contributed by atoms with Gasteiger partial charge in [-0.25, -0.2) is 0 Å². The maximum atomic E-state index is 3.77. The number of allylic oxidation sites excluding steroid dienone is 1. The van der Waals surface area contributed by atoms with Crippen molar-refractivity contribution in [1.82, 2.24) is 0 Å². The van der Waals surface area contributed by atoms with Crippen LogP contribution in [0.3, 0.4) is 0 Å². The Morgan fingerprint density at radius 1 is 0.737 bits per heavy atom. The summed E-state index contributed by atoms with van der Waals surface area (Å²) in [4.78, 5) is 0. The third-order valence-corrected chi connectivity index (χ3v) is 4.16. The topological polar surface area (TPSA) is 0 Å². The lowest BCUT2D eigenvalue weighted by Crippen LogP contribution is -1.95. The standard InChI is InChI=1S/C19H38/c1-4-6-8-10-12-14-16-18-19(3)17-15-13-11-9-7-5-2/h5,19H,2,4,6-18H2,1,3H3. The number of hydrogen-bond donors (Lipinski definition) is 0. The van der Waals surface area contributed by atoms with Gasteiger partial charge in [0.25, 0.3) is 0 Å². The van der Waals surface area contributed by atoms with E-state index in [1.165, 1.54) is 89.9 Å². The fraction of sp³-hybridized carbons (Fsp3) is 0.895. The summed E-state index contributed by atoms with van der Waals surface area (Å²) in [6.07, 6.45) is 21.9. The van der Waals surface area contributed by atoms with Gasteiger partial charge >= 0.3 is 0 Å². The molecule has 0 nitrogen and oxygen atoms in total. The summed E-state index contributed by atoms with van der Waals surface area (Å²) < 4.78 is 0. The Morgan fingerprint density at radius 3 is 1.74 bits per heavy atom. The van der Waals surface area contributed by atoms with Crippen molar-refractivity contribution < 1.29 is 0 Å². The van der Waals surface area contributed by atoms with Gasteiger partial charge in [-0.2, -0.15) is 0 Å². The zero-order valence-corrected chi connectivity index (χ0v) is 13.8. The normalized spacial score (nSPS) is 12.5. The maximum Gasteiger partial charge on any atom is -0.0353 e. The van der Waals surface area contributed by atoms with Crippen LogP contribution in [0, 0.1) is 5.92 Å². The molecule has 1 unspecified atom stereocenters. The van der Waals surface area contributed by atoms with Crippen molar-refractivity contribution in [3.05, 3.63) is 12.7 Å². The Labute approximate surface area is 123 Å². The lowest BCUT2D eigenvalue weighted by molar-refractivity contribution is 0.432. The summed E-state index contributed by atoms with van der Waals surface area (Å²) in [5.41, 5.74) is 0. The molecule has 0 heteroatoms. The molecule has 0 aliphatic carbocycles. The molecule has 1 atom stereocenters. The second-order valence-corrected chi connectivity index (χ2v) is 6.30. The fourth-order valence-corrected chi connectivity index (χ4v) is 2.73. The van der Waals surface area contributed by atoms with Crippen LogP contribution in [0.25, 0.3) is 0 Å². The maximum absolute atomic E-state index is 3.77. The summed E-state index contributed by atoms with van der Waals surface area (Å²) in [6, 6.07) is 0. The minimum absolute atomic E-state index is 0.954. The van der Waals surface area contributed by atoms with Gasteiger partial charge in [-0.1, -0.05) is 97.0 Å². The molecule has 0 bridgehead atoms. The molecular weight excluding hydrogens is 228 g/mol. The predicted octanol–water partition coefficient (Wildman–Crippen LogP) is 7.29. The average Bonchev–Trinajstić information content (AvgIpc) is 2.41. The van der Waals surface area contributed by atoms with E-state index in [4.69, 9.17) is 0 Å². The Hall–Kier alpha value is -0.260. The van der Waals surface area contributed by atoms with E-state index in [2.05, 4.69) is 20.4 Å². The molecule has 0 amide bonds. The molecule has 0 aromatic carbocycles. The molecule has 0 aliphatic heterocycles. The molecule has 0 aromatic rings. The average molecular weight is 267 g/mol. The quantitative estimate of drug-likeness (QED) is 0.216. The number of hydrogen-bond acceptors (Lipinski definition) is 0. The van der Waals surface area contributed by atoms with Crippen LogP contribution in [0.4, 0.5) is 0 Å². The first-order chi connectivity index (χ1) is 9.31. The van der Waals surface area contributed by atoms with Crippen LogP contribution in [0.5, 0.6) is 0 Å². The van der Waals surface area contributed by atoms with Crippen molar-refractivity contribution in [2.75, 3.05) is 0 Å². The monoisotopic (exact) mass is 266 g/mol. The Bertz CT molecular complexity index is 171. The number of rotatable bonds is 15. The molecule has 114 valence electrons. The molecule has 0 radical (unpaired) electrons. The van der Waals surface area contributed by atoms with Crippen molar-refractivity contribution in [2.45, 2.75) is 104 Å². The molecule has 0 heterocycles. The second kappa shape index (κ2) is 15.8. The Morgan fingerprint density at radius 2 is 1.21 bits per heavy atom. The predicted molar refractivity (Wildman–Crippen MR) is 89.7 cm³/mol. The lowest BCUT2D eigenvalue weighted by Gasteiger charge is -2.10. The van der Waals surface area contributed by atoms with Crippen molar-refractivity contribution in [3.8, 4) is 0 Å². The lowest BCUT2D eigenvalue weighted by atomic mass is 9.96. The first-order valence-corrected chi connectivity index (χ1v) is 8.92. The third-order valence-electron chi connectivity index (χ3n) is 4.16. The van der Waals surface area contributed by atoms with Gasteiger partial charge in [-0.3, -0.25) is 0 Å². The SMILES string of the molecule is C=CCCCCCCC(C)CCCCCCCCC. The van der Waals surface area contributed by atoms with Crippen LogP contribution in [0.2, 0.25) is 0 Å². The Balaban J connectivity index is 3.12. The highest BCUT2D eigenvalue weighted by molar-refractivity contribution is 4.65. The van der Waals surface area contributed by atoms with Gasteiger partial charge < -0.3 is 0 Å². The van der Waals surface area contributed by atoms with Gasteiger partial charge in [0.05, 0.1) is 0 Å². The van der Waals surface area contributed by atoms with Crippen LogP contribution in [0.15, 0.2) is 12.7 Å². The van der Waals surface area contributed by atoms with E-state index in [1.807, 2.05) is 6.08 Å². The van der Waals surface area contributed by atoms with Crippen molar-refractivity contribution in [3.63, 3.8) is 0 Å².